The summed E-state index contributed by atoms with van der Waals surface area (Å²) in [7, 11) is 0. The van der Waals surface area contributed by atoms with E-state index >= 15 is 0 Å². The molecule has 1 atom stereocenters. The monoisotopic (exact) mass is 212 g/mol. The molecule has 0 radical (unpaired) electrons. The van der Waals surface area contributed by atoms with E-state index < -0.39 is 0 Å². The van der Waals surface area contributed by atoms with E-state index in [4.69, 9.17) is 5.73 Å². The van der Waals surface area contributed by atoms with Crippen molar-refractivity contribution in [2.24, 2.45) is 17.6 Å². The smallest absolute Gasteiger partial charge is 0.223 e. The van der Waals surface area contributed by atoms with Gasteiger partial charge in [0.1, 0.15) is 0 Å². The second-order valence-electron chi connectivity index (χ2n) is 5.15. The molecule has 3 nitrogen and oxygen atoms in total. The van der Waals surface area contributed by atoms with Crippen molar-refractivity contribution in [2.75, 3.05) is 0 Å². The Morgan fingerprint density at radius 3 is 2.20 bits per heavy atom. The van der Waals surface area contributed by atoms with Crippen LogP contribution in [0, 0.1) is 11.8 Å². The number of nitrogens with two attached hydrogens (primary N) is 1. The van der Waals surface area contributed by atoms with E-state index in [1.165, 1.54) is 0 Å². The van der Waals surface area contributed by atoms with Crippen LogP contribution in [-0.2, 0) is 4.79 Å². The number of carbonyl (C=O) groups excluding carboxylic acids is 1. The molecule has 3 heteroatoms. The lowest BCUT2D eigenvalue weighted by Crippen LogP contribution is -2.43. The molecule has 0 spiro atoms. The molecule has 0 aliphatic heterocycles. The Morgan fingerprint density at radius 2 is 1.73 bits per heavy atom. The molecule has 15 heavy (non-hydrogen) atoms. The Bertz CT molecular complexity index is 208. The normalized spacial score (nSPS) is 28.9. The molecule has 1 aliphatic carbocycles. The molecule has 3 N–H and O–H groups in total. The number of carbonyl (C=O) groups is 1. The van der Waals surface area contributed by atoms with E-state index in [1.807, 2.05) is 6.92 Å². The van der Waals surface area contributed by atoms with Crippen LogP contribution in [0.5, 0.6) is 0 Å². The lowest BCUT2D eigenvalue weighted by atomic mass is 9.90. The maximum absolute atomic E-state index is 11.8. The second kappa shape index (κ2) is 5.50. The Balaban J connectivity index is 2.32. The predicted molar refractivity (Wildman–Crippen MR) is 62.4 cm³/mol. The molecule has 88 valence electrons. The van der Waals surface area contributed by atoms with Gasteiger partial charge in [0.15, 0.2) is 0 Å². The van der Waals surface area contributed by atoms with Crippen molar-refractivity contribution in [2.45, 2.75) is 58.5 Å². The van der Waals surface area contributed by atoms with Crippen molar-refractivity contribution in [3.63, 3.8) is 0 Å². The first kappa shape index (κ1) is 12.5. The largest absolute Gasteiger partial charge is 0.353 e. The molecule has 1 amide bonds. The quantitative estimate of drug-likeness (QED) is 0.747. The van der Waals surface area contributed by atoms with Gasteiger partial charge in [-0.15, -0.1) is 0 Å². The molecule has 0 aromatic heterocycles. The lowest BCUT2D eigenvalue weighted by molar-refractivity contribution is -0.126. The summed E-state index contributed by atoms with van der Waals surface area (Å²) in [6.45, 7) is 6.16. The van der Waals surface area contributed by atoms with Gasteiger partial charge in [0, 0.05) is 18.0 Å². The van der Waals surface area contributed by atoms with E-state index in [0.717, 1.165) is 25.7 Å². The summed E-state index contributed by atoms with van der Waals surface area (Å²) < 4.78 is 0. The van der Waals surface area contributed by atoms with Crippen LogP contribution in [-0.4, -0.2) is 18.0 Å². The summed E-state index contributed by atoms with van der Waals surface area (Å²) in [4.78, 5) is 11.8. The van der Waals surface area contributed by atoms with Crippen molar-refractivity contribution in [1.82, 2.24) is 5.32 Å². The summed E-state index contributed by atoms with van der Waals surface area (Å²) in [6.07, 6.45) is 4.16. The van der Waals surface area contributed by atoms with E-state index in [9.17, 15) is 4.79 Å². The highest BCUT2D eigenvalue weighted by Gasteiger charge is 2.23. The summed E-state index contributed by atoms with van der Waals surface area (Å²) >= 11 is 0. The Hall–Kier alpha value is -0.570. The standard InChI is InChI=1S/C12H24N2O/c1-8(2)9(3)12(15)14-11-6-4-10(13)5-7-11/h8-11H,4-7,13H2,1-3H3,(H,14,15). The fraction of sp³-hybridized carbons (Fsp3) is 0.917. The van der Waals surface area contributed by atoms with Crippen molar-refractivity contribution >= 4 is 5.91 Å². The van der Waals surface area contributed by atoms with Crippen LogP contribution in [0.4, 0.5) is 0 Å². The van der Waals surface area contributed by atoms with E-state index in [1.54, 1.807) is 0 Å². The molecule has 0 aromatic rings. The average molecular weight is 212 g/mol. The topological polar surface area (TPSA) is 55.1 Å². The number of rotatable bonds is 3. The van der Waals surface area contributed by atoms with Crippen molar-refractivity contribution in [3.05, 3.63) is 0 Å². The van der Waals surface area contributed by atoms with Crippen LogP contribution in [0.15, 0.2) is 0 Å². The first-order valence-electron chi connectivity index (χ1n) is 6.06. The molecular formula is C12H24N2O. The molecule has 1 unspecified atom stereocenters. The van der Waals surface area contributed by atoms with Gasteiger partial charge in [-0.1, -0.05) is 20.8 Å². The van der Waals surface area contributed by atoms with Crippen LogP contribution in [0.3, 0.4) is 0 Å². The molecular weight excluding hydrogens is 188 g/mol. The zero-order valence-corrected chi connectivity index (χ0v) is 10.1. The maximum Gasteiger partial charge on any atom is 0.223 e. The Labute approximate surface area is 92.8 Å². The minimum absolute atomic E-state index is 0.112. The molecule has 1 rings (SSSR count). The highest BCUT2D eigenvalue weighted by molar-refractivity contribution is 5.78. The third-order valence-corrected chi connectivity index (χ3v) is 3.53. The van der Waals surface area contributed by atoms with Crippen LogP contribution in [0.2, 0.25) is 0 Å². The van der Waals surface area contributed by atoms with Gasteiger partial charge >= 0.3 is 0 Å². The second-order valence-corrected chi connectivity index (χ2v) is 5.15. The molecule has 0 heterocycles. The number of hydrogen-bond donors (Lipinski definition) is 2. The van der Waals surface area contributed by atoms with Gasteiger partial charge in [0.25, 0.3) is 0 Å². The molecule has 1 aliphatic rings. The third kappa shape index (κ3) is 3.82. The van der Waals surface area contributed by atoms with Gasteiger partial charge < -0.3 is 11.1 Å². The van der Waals surface area contributed by atoms with Gasteiger partial charge in [-0.2, -0.15) is 0 Å². The van der Waals surface area contributed by atoms with E-state index in [2.05, 4.69) is 19.2 Å². The van der Waals surface area contributed by atoms with E-state index in [0.29, 0.717) is 18.0 Å². The molecule has 0 bridgehead atoms. The van der Waals surface area contributed by atoms with Gasteiger partial charge in [0.05, 0.1) is 0 Å². The van der Waals surface area contributed by atoms with Crippen molar-refractivity contribution in [1.29, 1.82) is 0 Å². The number of nitrogens with one attached hydrogen (secondary N) is 1. The Kier molecular flexibility index (Phi) is 4.58. The average Bonchev–Trinajstić information content (AvgIpc) is 2.20. The van der Waals surface area contributed by atoms with Crippen LogP contribution < -0.4 is 11.1 Å². The predicted octanol–water partition coefficient (Wildman–Crippen LogP) is 1.66. The van der Waals surface area contributed by atoms with Gasteiger partial charge in [-0.05, 0) is 31.6 Å². The zero-order chi connectivity index (χ0) is 11.4. The Morgan fingerprint density at radius 1 is 1.20 bits per heavy atom. The van der Waals surface area contributed by atoms with Crippen molar-refractivity contribution in [3.8, 4) is 0 Å². The highest BCUT2D eigenvalue weighted by atomic mass is 16.1. The van der Waals surface area contributed by atoms with E-state index in [-0.39, 0.29) is 11.8 Å². The van der Waals surface area contributed by atoms with Crippen molar-refractivity contribution < 1.29 is 4.79 Å². The summed E-state index contributed by atoms with van der Waals surface area (Å²) in [5, 5.41) is 3.13. The summed E-state index contributed by atoms with van der Waals surface area (Å²) in [5.74, 6) is 0.724. The summed E-state index contributed by atoms with van der Waals surface area (Å²) in [6, 6.07) is 0.708. The van der Waals surface area contributed by atoms with Crippen LogP contribution in [0.1, 0.15) is 46.5 Å². The number of amides is 1. The first-order valence-corrected chi connectivity index (χ1v) is 6.06. The van der Waals surface area contributed by atoms with Gasteiger partial charge in [0.2, 0.25) is 5.91 Å². The zero-order valence-electron chi connectivity index (χ0n) is 10.1. The molecule has 0 saturated heterocycles. The van der Waals surface area contributed by atoms with Crippen LogP contribution in [0.25, 0.3) is 0 Å². The minimum atomic E-state index is 0.112. The first-order chi connectivity index (χ1) is 7.00. The summed E-state index contributed by atoms with van der Waals surface area (Å²) in [5.41, 5.74) is 5.82. The number of hydrogen-bond acceptors (Lipinski definition) is 2. The fourth-order valence-electron chi connectivity index (χ4n) is 1.90. The molecule has 1 saturated carbocycles. The molecule has 0 aromatic carbocycles. The third-order valence-electron chi connectivity index (χ3n) is 3.53. The van der Waals surface area contributed by atoms with Crippen LogP contribution >= 0.6 is 0 Å². The lowest BCUT2D eigenvalue weighted by Gasteiger charge is -2.28. The minimum Gasteiger partial charge on any atom is -0.353 e. The maximum atomic E-state index is 11.8. The molecule has 1 fully saturated rings. The van der Waals surface area contributed by atoms with Gasteiger partial charge in [-0.25, -0.2) is 0 Å². The fourth-order valence-corrected chi connectivity index (χ4v) is 1.90. The van der Waals surface area contributed by atoms with Gasteiger partial charge in [-0.3, -0.25) is 4.79 Å². The highest BCUT2D eigenvalue weighted by Crippen LogP contribution is 2.18. The SMILES string of the molecule is CC(C)C(C)C(=O)NC1CCC(N)CC1.